The van der Waals surface area contributed by atoms with Crippen LogP contribution in [0.15, 0.2) is 143 Å². The van der Waals surface area contributed by atoms with Gasteiger partial charge in [-0.2, -0.15) is 4.98 Å². The van der Waals surface area contributed by atoms with Crippen molar-refractivity contribution < 1.29 is 26.5 Å². The normalized spacial score (nSPS) is 10.5. The third-order valence-corrected chi connectivity index (χ3v) is 8.26. The Labute approximate surface area is 347 Å². The first-order chi connectivity index (χ1) is 29.6. The lowest BCUT2D eigenvalue weighted by molar-refractivity contribution is 0.551. The maximum absolute atomic E-state index is 5.39. The minimum atomic E-state index is 0.611. The van der Waals surface area contributed by atoms with E-state index in [9.17, 15) is 0 Å². The standard InChI is InChI=1S/C9H9NO.C8H7NO.4C7H6N2O/c1-6-4-3-5-8-9(6)11-7(2)10-8;1-6-9-7-4-2-3-5-8(7)10-6;1-5-9-6-4-8-3-2-7(6)10-5;1-5-9-6-2-3-8-4-7(6)10-5;1-5-9-7-6(10-5)3-2-4-8-7;1-5-9-6-3-2-4-8-7(6)10-5/h3-5H,1-2H3;2-5H,1H3;4*2-4H,1H3. The Morgan fingerprint density at radius 3 is 1.59 bits per heavy atom. The highest BCUT2D eigenvalue weighted by atomic mass is 16.4. The average molecular weight is 817 g/mol. The summed E-state index contributed by atoms with van der Waals surface area (Å²) in [6, 6.07) is 24.7. The number of hydrogen-bond donors (Lipinski definition) is 0. The van der Waals surface area contributed by atoms with E-state index in [0.717, 1.165) is 72.8 Å². The van der Waals surface area contributed by atoms with Gasteiger partial charge in [-0.25, -0.2) is 34.9 Å². The molecule has 0 radical (unpaired) electrons. The van der Waals surface area contributed by atoms with Crippen LogP contribution in [0.1, 0.15) is 40.9 Å². The van der Waals surface area contributed by atoms with Crippen molar-refractivity contribution in [3.8, 4) is 0 Å². The molecule has 0 aliphatic heterocycles. The third kappa shape index (κ3) is 10.9. The van der Waals surface area contributed by atoms with E-state index in [2.05, 4.69) is 49.8 Å². The first-order valence-corrected chi connectivity index (χ1v) is 18.9. The van der Waals surface area contributed by atoms with Crippen LogP contribution < -0.4 is 0 Å². The minimum Gasteiger partial charge on any atom is -0.441 e. The highest BCUT2D eigenvalue weighted by Gasteiger charge is 2.04. The Bertz CT molecular complexity index is 2700. The summed E-state index contributed by atoms with van der Waals surface area (Å²) in [5.41, 5.74) is 10.9. The molecule has 0 saturated heterocycles. The molecule has 16 heteroatoms. The zero-order chi connectivity index (χ0) is 42.7. The average Bonchev–Trinajstić information content (AvgIpc) is 4.11. The second-order valence-corrected chi connectivity index (χ2v) is 13.1. The van der Waals surface area contributed by atoms with E-state index in [1.54, 1.807) is 43.2 Å². The number of para-hydroxylation sites is 3. The lowest BCUT2D eigenvalue weighted by Crippen LogP contribution is -1.72. The van der Waals surface area contributed by atoms with Gasteiger partial charge in [0.15, 0.2) is 68.9 Å². The van der Waals surface area contributed by atoms with Gasteiger partial charge in [0.05, 0.1) is 12.4 Å². The minimum absolute atomic E-state index is 0.611. The zero-order valence-electron chi connectivity index (χ0n) is 34.4. The van der Waals surface area contributed by atoms with Gasteiger partial charge in [-0.15, -0.1) is 0 Å². The molecular formula is C45H40N10O6. The number of benzene rings is 2. The fourth-order valence-electron chi connectivity index (χ4n) is 5.73. The van der Waals surface area contributed by atoms with Crippen molar-refractivity contribution in [2.45, 2.75) is 48.5 Å². The number of aryl methyl sites for hydroxylation is 7. The topological polar surface area (TPSA) is 208 Å². The van der Waals surface area contributed by atoms with Gasteiger partial charge in [-0.1, -0.05) is 24.3 Å². The summed E-state index contributed by atoms with van der Waals surface area (Å²) in [4.78, 5) is 40.4. The number of rotatable bonds is 0. The van der Waals surface area contributed by atoms with Gasteiger partial charge >= 0.3 is 0 Å². The van der Waals surface area contributed by atoms with Crippen LogP contribution in [-0.2, 0) is 0 Å². The van der Waals surface area contributed by atoms with Crippen LogP contribution in [-0.4, -0.2) is 49.8 Å². The second-order valence-electron chi connectivity index (χ2n) is 13.1. The summed E-state index contributed by atoms with van der Waals surface area (Å²) < 4.78 is 31.4. The molecule has 10 heterocycles. The van der Waals surface area contributed by atoms with Gasteiger partial charge in [0.1, 0.15) is 27.6 Å². The molecule has 306 valence electrons. The number of hydrogen-bond acceptors (Lipinski definition) is 16. The number of nitrogens with zero attached hydrogens (tertiary/aromatic N) is 10. The molecule has 12 aromatic rings. The molecule has 0 spiro atoms. The van der Waals surface area contributed by atoms with Crippen LogP contribution in [0.25, 0.3) is 66.9 Å². The summed E-state index contributed by atoms with van der Waals surface area (Å²) >= 11 is 0. The predicted molar refractivity (Wildman–Crippen MR) is 228 cm³/mol. The van der Waals surface area contributed by atoms with E-state index in [1.807, 2.05) is 121 Å². The third-order valence-electron chi connectivity index (χ3n) is 8.26. The van der Waals surface area contributed by atoms with E-state index < -0.39 is 0 Å². The molecule has 0 saturated carbocycles. The highest BCUT2D eigenvalue weighted by Crippen LogP contribution is 2.19. The van der Waals surface area contributed by atoms with E-state index in [1.165, 1.54) is 0 Å². The van der Waals surface area contributed by atoms with E-state index in [4.69, 9.17) is 26.5 Å². The number of oxazole rings is 6. The van der Waals surface area contributed by atoms with Crippen LogP contribution in [0, 0.1) is 48.5 Å². The summed E-state index contributed by atoms with van der Waals surface area (Å²) in [5.74, 6) is 4.14. The van der Waals surface area contributed by atoms with Crippen molar-refractivity contribution in [3.63, 3.8) is 0 Å². The van der Waals surface area contributed by atoms with Gasteiger partial charge in [0.2, 0.25) is 5.71 Å². The van der Waals surface area contributed by atoms with Crippen LogP contribution >= 0.6 is 0 Å². The second kappa shape index (κ2) is 19.1. The van der Waals surface area contributed by atoms with Gasteiger partial charge in [-0.05, 0) is 61.0 Å². The van der Waals surface area contributed by atoms with Crippen molar-refractivity contribution in [2.24, 2.45) is 0 Å². The Morgan fingerprint density at radius 1 is 0.344 bits per heavy atom. The Morgan fingerprint density at radius 2 is 0.869 bits per heavy atom. The number of aromatic nitrogens is 10. The highest BCUT2D eigenvalue weighted by molar-refractivity contribution is 5.76. The van der Waals surface area contributed by atoms with E-state index >= 15 is 0 Å². The van der Waals surface area contributed by atoms with E-state index in [-0.39, 0.29) is 0 Å². The van der Waals surface area contributed by atoms with Crippen LogP contribution in [0.5, 0.6) is 0 Å². The Hall–Kier alpha value is -8.14. The van der Waals surface area contributed by atoms with Crippen molar-refractivity contribution in [2.75, 3.05) is 0 Å². The fraction of sp³-hybridized carbons (Fsp3) is 0.156. The maximum atomic E-state index is 5.39. The lowest BCUT2D eigenvalue weighted by atomic mass is 10.2. The summed E-state index contributed by atoms with van der Waals surface area (Å²) in [6.07, 6.45) is 10.1. The van der Waals surface area contributed by atoms with Gasteiger partial charge in [0, 0.05) is 72.4 Å². The number of fused-ring (bicyclic) bond motifs is 6. The van der Waals surface area contributed by atoms with Crippen molar-refractivity contribution in [1.29, 1.82) is 0 Å². The van der Waals surface area contributed by atoms with Crippen LogP contribution in [0.2, 0.25) is 0 Å². The number of pyridine rings is 4. The molecule has 0 aliphatic rings. The summed E-state index contributed by atoms with van der Waals surface area (Å²) in [7, 11) is 0. The quantitative estimate of drug-likeness (QED) is 0.139. The molecule has 0 atom stereocenters. The summed E-state index contributed by atoms with van der Waals surface area (Å²) in [5, 5.41) is 0. The monoisotopic (exact) mass is 816 g/mol. The molecule has 0 unspecified atom stereocenters. The molecular weight excluding hydrogens is 777 g/mol. The predicted octanol–water partition coefficient (Wildman–Crippen LogP) is 10.7. The first-order valence-electron chi connectivity index (χ1n) is 18.9. The molecule has 61 heavy (non-hydrogen) atoms. The van der Waals surface area contributed by atoms with Gasteiger partial charge < -0.3 is 26.5 Å². The molecule has 0 N–H and O–H groups in total. The van der Waals surface area contributed by atoms with Crippen molar-refractivity contribution in [1.82, 2.24) is 49.8 Å². The largest absolute Gasteiger partial charge is 0.441 e. The SMILES string of the molecule is Cc1nc2cccc(C)c2o1.Cc1nc2ccccc2o1.Cc1nc2cccnc2o1.Cc1nc2ccncc2o1.Cc1nc2cnccc2o1.Cc1nc2ncccc2o1. The molecule has 0 bridgehead atoms. The Kier molecular flexibility index (Phi) is 12.8. The van der Waals surface area contributed by atoms with Crippen LogP contribution in [0.4, 0.5) is 0 Å². The molecule has 0 aliphatic carbocycles. The molecule has 2 aromatic carbocycles. The Balaban J connectivity index is 0.000000110. The molecule has 12 rings (SSSR count). The molecule has 0 fully saturated rings. The fourth-order valence-corrected chi connectivity index (χ4v) is 5.73. The lowest BCUT2D eigenvalue weighted by Gasteiger charge is -1.89. The van der Waals surface area contributed by atoms with Crippen LogP contribution in [0.3, 0.4) is 0 Å². The molecule has 16 nitrogen and oxygen atoms in total. The molecule has 10 aromatic heterocycles. The first kappa shape index (κ1) is 41.0. The van der Waals surface area contributed by atoms with Gasteiger partial charge in [0.25, 0.3) is 0 Å². The van der Waals surface area contributed by atoms with Crippen molar-refractivity contribution in [3.05, 3.63) is 157 Å². The van der Waals surface area contributed by atoms with Crippen molar-refractivity contribution >= 4 is 66.9 Å². The smallest absolute Gasteiger partial charge is 0.246 e. The summed E-state index contributed by atoms with van der Waals surface area (Å²) in [6.45, 7) is 13.0. The maximum Gasteiger partial charge on any atom is 0.246 e. The molecule has 0 amide bonds. The van der Waals surface area contributed by atoms with Gasteiger partial charge in [-0.3, -0.25) is 9.97 Å². The zero-order valence-corrected chi connectivity index (χ0v) is 34.4. The van der Waals surface area contributed by atoms with E-state index in [0.29, 0.717) is 34.9 Å².